The number of nitrogens with one attached hydrogen (secondary N) is 1. The highest BCUT2D eigenvalue weighted by molar-refractivity contribution is 5.92. The van der Waals surface area contributed by atoms with Crippen molar-refractivity contribution in [1.82, 2.24) is 24.9 Å². The van der Waals surface area contributed by atoms with Crippen LogP contribution in [0.1, 0.15) is 34.7 Å². The van der Waals surface area contributed by atoms with Gasteiger partial charge < -0.3 is 4.90 Å². The molecule has 6 nitrogen and oxygen atoms in total. The molecule has 3 heterocycles. The lowest BCUT2D eigenvalue weighted by molar-refractivity contribution is 0.0715. The van der Waals surface area contributed by atoms with Crippen molar-refractivity contribution >= 4 is 5.91 Å². The zero-order chi connectivity index (χ0) is 14.1. The van der Waals surface area contributed by atoms with Crippen molar-refractivity contribution in [2.75, 3.05) is 6.54 Å². The molecule has 0 saturated carbocycles. The van der Waals surface area contributed by atoms with Crippen LogP contribution < -0.4 is 0 Å². The van der Waals surface area contributed by atoms with Gasteiger partial charge in [-0.15, -0.1) is 0 Å². The summed E-state index contributed by atoms with van der Waals surface area (Å²) in [6.07, 6.45) is 3.68. The van der Waals surface area contributed by atoms with E-state index in [0.717, 1.165) is 37.3 Å². The monoisotopic (exact) mass is 273 g/mol. The van der Waals surface area contributed by atoms with Crippen LogP contribution in [0.5, 0.6) is 0 Å². The van der Waals surface area contributed by atoms with Crippen molar-refractivity contribution in [1.29, 1.82) is 0 Å². The SMILES string of the molecule is Cc1cc(C)n(C[C@@H]2CCCN2C(=O)c2ccn[nH]2)n1. The van der Waals surface area contributed by atoms with Crippen LogP contribution in [0.4, 0.5) is 0 Å². The van der Waals surface area contributed by atoms with E-state index >= 15 is 0 Å². The van der Waals surface area contributed by atoms with Crippen LogP contribution in [0.15, 0.2) is 18.3 Å². The van der Waals surface area contributed by atoms with Gasteiger partial charge in [0.15, 0.2) is 0 Å². The Morgan fingerprint density at radius 1 is 1.50 bits per heavy atom. The van der Waals surface area contributed by atoms with Gasteiger partial charge >= 0.3 is 0 Å². The minimum atomic E-state index is 0.0338. The summed E-state index contributed by atoms with van der Waals surface area (Å²) in [6.45, 7) is 5.61. The quantitative estimate of drug-likeness (QED) is 0.922. The molecular formula is C14H19N5O. The number of carbonyl (C=O) groups is 1. The summed E-state index contributed by atoms with van der Waals surface area (Å²) in [5.74, 6) is 0.0338. The van der Waals surface area contributed by atoms with E-state index < -0.39 is 0 Å². The minimum absolute atomic E-state index is 0.0338. The van der Waals surface area contributed by atoms with Crippen molar-refractivity contribution < 1.29 is 4.79 Å². The van der Waals surface area contributed by atoms with Crippen molar-refractivity contribution in [2.24, 2.45) is 0 Å². The third-order valence-electron chi connectivity index (χ3n) is 3.86. The molecule has 6 heteroatoms. The number of nitrogens with zero attached hydrogens (tertiary/aromatic N) is 4. The fourth-order valence-corrected chi connectivity index (χ4v) is 2.88. The van der Waals surface area contributed by atoms with Gasteiger partial charge in [-0.2, -0.15) is 10.2 Å². The van der Waals surface area contributed by atoms with E-state index in [9.17, 15) is 4.79 Å². The molecule has 0 aromatic carbocycles. The molecule has 1 N–H and O–H groups in total. The number of aromatic nitrogens is 4. The minimum Gasteiger partial charge on any atom is -0.332 e. The smallest absolute Gasteiger partial charge is 0.272 e. The molecule has 1 atom stereocenters. The highest BCUT2D eigenvalue weighted by Gasteiger charge is 2.30. The second kappa shape index (κ2) is 5.11. The molecule has 0 aliphatic carbocycles. The molecule has 0 bridgehead atoms. The first-order valence-corrected chi connectivity index (χ1v) is 6.96. The Morgan fingerprint density at radius 3 is 3.00 bits per heavy atom. The van der Waals surface area contributed by atoms with E-state index in [-0.39, 0.29) is 11.9 Å². The molecule has 3 rings (SSSR count). The second-order valence-electron chi connectivity index (χ2n) is 5.37. The third kappa shape index (κ3) is 2.33. The molecule has 1 aliphatic rings. The first-order valence-electron chi connectivity index (χ1n) is 6.96. The maximum absolute atomic E-state index is 12.4. The predicted octanol–water partition coefficient (Wildman–Crippen LogP) is 1.53. The summed E-state index contributed by atoms with van der Waals surface area (Å²) in [5.41, 5.74) is 2.72. The van der Waals surface area contributed by atoms with Gasteiger partial charge in [0.1, 0.15) is 5.69 Å². The van der Waals surface area contributed by atoms with Gasteiger partial charge in [0, 0.05) is 18.4 Å². The van der Waals surface area contributed by atoms with Gasteiger partial charge in [0.05, 0.1) is 18.3 Å². The average molecular weight is 273 g/mol. The fourth-order valence-electron chi connectivity index (χ4n) is 2.88. The Morgan fingerprint density at radius 2 is 2.35 bits per heavy atom. The molecule has 0 spiro atoms. The number of hydrogen-bond acceptors (Lipinski definition) is 3. The lowest BCUT2D eigenvalue weighted by Crippen LogP contribution is -2.38. The van der Waals surface area contributed by atoms with Crippen LogP contribution >= 0.6 is 0 Å². The third-order valence-corrected chi connectivity index (χ3v) is 3.86. The zero-order valence-corrected chi connectivity index (χ0v) is 11.8. The molecule has 1 aliphatic heterocycles. The molecule has 106 valence electrons. The Hall–Kier alpha value is -2.11. The predicted molar refractivity (Wildman–Crippen MR) is 74.3 cm³/mol. The van der Waals surface area contributed by atoms with Crippen molar-refractivity contribution in [2.45, 2.75) is 39.3 Å². The number of aromatic amines is 1. The normalized spacial score (nSPS) is 18.7. The van der Waals surface area contributed by atoms with Gasteiger partial charge in [-0.1, -0.05) is 0 Å². The van der Waals surface area contributed by atoms with Gasteiger partial charge in [-0.25, -0.2) is 0 Å². The molecule has 1 amide bonds. The van der Waals surface area contributed by atoms with Crippen molar-refractivity contribution in [3.05, 3.63) is 35.4 Å². The van der Waals surface area contributed by atoms with Gasteiger partial charge in [0.25, 0.3) is 5.91 Å². The number of aryl methyl sites for hydroxylation is 2. The van der Waals surface area contributed by atoms with Gasteiger partial charge in [0.2, 0.25) is 0 Å². The lowest BCUT2D eigenvalue weighted by Gasteiger charge is -2.24. The van der Waals surface area contributed by atoms with Crippen molar-refractivity contribution in [3.63, 3.8) is 0 Å². The van der Waals surface area contributed by atoms with E-state index in [2.05, 4.69) is 28.3 Å². The highest BCUT2D eigenvalue weighted by Crippen LogP contribution is 2.21. The topological polar surface area (TPSA) is 66.8 Å². The number of likely N-dealkylation sites (tertiary alicyclic amines) is 1. The molecule has 1 saturated heterocycles. The van der Waals surface area contributed by atoms with E-state index in [1.165, 1.54) is 0 Å². The van der Waals surface area contributed by atoms with E-state index in [0.29, 0.717) is 5.69 Å². The summed E-state index contributed by atoms with van der Waals surface area (Å²) >= 11 is 0. The lowest BCUT2D eigenvalue weighted by atomic mass is 10.2. The van der Waals surface area contributed by atoms with E-state index in [1.807, 2.05) is 16.5 Å². The molecule has 0 unspecified atom stereocenters. The molecule has 2 aromatic rings. The van der Waals surface area contributed by atoms with Crippen LogP contribution in [-0.4, -0.2) is 43.4 Å². The Labute approximate surface area is 117 Å². The molecular weight excluding hydrogens is 254 g/mol. The number of carbonyl (C=O) groups excluding carboxylic acids is 1. The fraction of sp³-hybridized carbons (Fsp3) is 0.500. The molecule has 1 fully saturated rings. The number of amides is 1. The summed E-state index contributed by atoms with van der Waals surface area (Å²) < 4.78 is 2.00. The standard InChI is InChI=1S/C14H19N5O/c1-10-8-11(2)19(17-10)9-12-4-3-7-18(12)14(20)13-5-6-15-16-13/h5-6,8,12H,3-4,7,9H2,1-2H3,(H,15,16)/t12-/m0/s1. The maximum atomic E-state index is 12.4. The van der Waals surface area contributed by atoms with Crippen LogP contribution in [0.2, 0.25) is 0 Å². The first kappa shape index (κ1) is 12.9. The van der Waals surface area contributed by atoms with Crippen LogP contribution in [-0.2, 0) is 6.54 Å². The summed E-state index contributed by atoms with van der Waals surface area (Å²) in [5, 5.41) is 11.1. The van der Waals surface area contributed by atoms with Gasteiger partial charge in [-0.05, 0) is 38.8 Å². The Kier molecular flexibility index (Phi) is 3.30. The Bertz CT molecular complexity index is 601. The molecule has 2 aromatic heterocycles. The zero-order valence-electron chi connectivity index (χ0n) is 11.8. The average Bonchev–Trinajstić information content (AvgIpc) is 3.12. The van der Waals surface area contributed by atoms with Crippen LogP contribution in [0, 0.1) is 13.8 Å². The summed E-state index contributed by atoms with van der Waals surface area (Å²) in [6, 6.07) is 4.00. The number of H-pyrrole nitrogens is 1. The Balaban J connectivity index is 1.76. The van der Waals surface area contributed by atoms with E-state index in [4.69, 9.17) is 0 Å². The summed E-state index contributed by atoms with van der Waals surface area (Å²) in [7, 11) is 0. The molecule has 0 radical (unpaired) electrons. The van der Waals surface area contributed by atoms with Gasteiger partial charge in [-0.3, -0.25) is 14.6 Å². The largest absolute Gasteiger partial charge is 0.332 e. The highest BCUT2D eigenvalue weighted by atomic mass is 16.2. The van der Waals surface area contributed by atoms with Crippen LogP contribution in [0.3, 0.4) is 0 Å². The van der Waals surface area contributed by atoms with Crippen LogP contribution in [0.25, 0.3) is 0 Å². The van der Waals surface area contributed by atoms with Crippen molar-refractivity contribution in [3.8, 4) is 0 Å². The first-order chi connectivity index (χ1) is 9.65. The van der Waals surface area contributed by atoms with E-state index in [1.54, 1.807) is 12.3 Å². The second-order valence-corrected chi connectivity index (χ2v) is 5.37. The maximum Gasteiger partial charge on any atom is 0.272 e. The summed E-state index contributed by atoms with van der Waals surface area (Å²) in [4.78, 5) is 14.4. The number of rotatable bonds is 3. The molecule has 20 heavy (non-hydrogen) atoms. The number of hydrogen-bond donors (Lipinski definition) is 1.